The highest BCUT2D eigenvalue weighted by Gasteiger charge is 2.33. The predicted octanol–water partition coefficient (Wildman–Crippen LogP) is 4.97. The van der Waals surface area contributed by atoms with Crippen molar-refractivity contribution in [1.29, 1.82) is 5.26 Å². The number of pyridine rings is 1. The van der Waals surface area contributed by atoms with E-state index in [4.69, 9.17) is 17.0 Å². The zero-order valence-corrected chi connectivity index (χ0v) is 25.9. The molecule has 0 aliphatic carbocycles. The zero-order valence-electron chi connectivity index (χ0n) is 24.3. The molecule has 222 valence electrons. The molecular weight excluding hydrogens is 586 g/mol. The molecule has 0 spiro atoms. The molecule has 2 fully saturated rings. The van der Waals surface area contributed by atoms with Crippen molar-refractivity contribution in [2.45, 2.75) is 26.8 Å². The second kappa shape index (κ2) is 13.0. The number of benzene rings is 2. The van der Waals surface area contributed by atoms with Crippen molar-refractivity contribution in [1.82, 2.24) is 9.47 Å². The summed E-state index contributed by atoms with van der Waals surface area (Å²) >= 11 is 6.84. The molecule has 0 N–H and O–H groups in total. The Morgan fingerprint density at radius 3 is 2.30 bits per heavy atom. The summed E-state index contributed by atoms with van der Waals surface area (Å²) in [7, 11) is 1.62. The fourth-order valence-corrected chi connectivity index (χ4v) is 6.75. The fourth-order valence-electron chi connectivity index (χ4n) is 5.46. The minimum Gasteiger partial charge on any atom is -0.497 e. The zero-order chi connectivity index (χ0) is 30.7. The summed E-state index contributed by atoms with van der Waals surface area (Å²) in [6, 6.07) is 16.2. The number of thioether (sulfide) groups is 1. The lowest BCUT2D eigenvalue weighted by atomic mass is 10.0. The van der Waals surface area contributed by atoms with Crippen molar-refractivity contribution in [3.05, 3.63) is 91.9 Å². The van der Waals surface area contributed by atoms with Gasteiger partial charge in [0.15, 0.2) is 0 Å². The van der Waals surface area contributed by atoms with Crippen molar-refractivity contribution < 1.29 is 13.9 Å². The average Bonchev–Trinajstić information content (AvgIpc) is 3.29. The first-order valence-corrected chi connectivity index (χ1v) is 15.3. The number of nitriles is 1. The molecule has 2 saturated heterocycles. The molecule has 2 aromatic carbocycles. The van der Waals surface area contributed by atoms with Crippen LogP contribution in [0.3, 0.4) is 0 Å². The standard InChI is InChI=1S/C32H32FN5O3S2/c1-4-37-29(36-17-15-35(16-18-36)24-9-7-23(33)8-10-24)26(21(2)27(20-34)30(37)39)19-28-31(40)38(32(42)43-28)14-13-22-5-11-25(41-3)12-6-22/h5-12,19H,4,13-18H2,1-3H3/b28-19+. The van der Waals surface area contributed by atoms with Crippen LogP contribution < -0.4 is 20.1 Å². The third-order valence-electron chi connectivity index (χ3n) is 7.87. The van der Waals surface area contributed by atoms with Crippen molar-refractivity contribution in [3.63, 3.8) is 0 Å². The topological polar surface area (TPSA) is 81.8 Å². The van der Waals surface area contributed by atoms with Crippen LogP contribution in [0.15, 0.2) is 58.2 Å². The van der Waals surface area contributed by atoms with E-state index < -0.39 is 0 Å². The highest BCUT2D eigenvalue weighted by Crippen LogP contribution is 2.36. The number of carbonyl (C=O) groups excluding carboxylic acids is 1. The second-order valence-corrected chi connectivity index (χ2v) is 12.0. The Hall–Kier alpha value is -4.14. The van der Waals surface area contributed by atoms with Gasteiger partial charge < -0.3 is 14.5 Å². The Balaban J connectivity index is 1.45. The molecule has 0 bridgehead atoms. The number of rotatable bonds is 8. The van der Waals surface area contributed by atoms with Gasteiger partial charge in [-0.2, -0.15) is 5.26 Å². The third kappa shape index (κ3) is 6.17. The predicted molar refractivity (Wildman–Crippen MR) is 173 cm³/mol. The van der Waals surface area contributed by atoms with Gasteiger partial charge in [-0.1, -0.05) is 36.1 Å². The molecule has 1 aromatic heterocycles. The number of carbonyl (C=O) groups is 1. The van der Waals surface area contributed by atoms with Crippen molar-refractivity contribution >= 4 is 51.8 Å². The summed E-state index contributed by atoms with van der Waals surface area (Å²) in [5, 5.41) is 9.89. The van der Waals surface area contributed by atoms with Crippen LogP contribution in [0, 0.1) is 24.1 Å². The number of ether oxygens (including phenoxy) is 1. The van der Waals surface area contributed by atoms with E-state index >= 15 is 0 Å². The fraction of sp³-hybridized carbons (Fsp3) is 0.312. The highest BCUT2D eigenvalue weighted by molar-refractivity contribution is 8.26. The van der Waals surface area contributed by atoms with Crippen molar-refractivity contribution in [2.24, 2.45) is 0 Å². The Morgan fingerprint density at radius 2 is 1.70 bits per heavy atom. The quantitative estimate of drug-likeness (QED) is 0.259. The molecule has 0 unspecified atom stereocenters. The summed E-state index contributed by atoms with van der Waals surface area (Å²) in [5.74, 6) is 0.984. The van der Waals surface area contributed by atoms with Gasteiger partial charge in [0, 0.05) is 50.5 Å². The van der Waals surface area contributed by atoms with Gasteiger partial charge in [-0.25, -0.2) is 4.39 Å². The third-order valence-corrected chi connectivity index (χ3v) is 9.24. The lowest BCUT2D eigenvalue weighted by Gasteiger charge is -2.39. The van der Waals surface area contributed by atoms with Crippen LogP contribution >= 0.6 is 24.0 Å². The molecule has 0 saturated carbocycles. The largest absolute Gasteiger partial charge is 0.497 e. The maximum Gasteiger partial charge on any atom is 0.270 e. The summed E-state index contributed by atoms with van der Waals surface area (Å²) in [4.78, 5) is 33.4. The van der Waals surface area contributed by atoms with Crippen LogP contribution in [-0.2, 0) is 17.8 Å². The molecule has 8 nitrogen and oxygen atoms in total. The number of halogens is 1. The van der Waals surface area contributed by atoms with E-state index in [2.05, 4.69) is 15.9 Å². The van der Waals surface area contributed by atoms with Gasteiger partial charge in [-0.15, -0.1) is 0 Å². The van der Waals surface area contributed by atoms with E-state index in [-0.39, 0.29) is 22.8 Å². The summed E-state index contributed by atoms with van der Waals surface area (Å²) in [6.45, 7) is 6.96. The number of thiocarbonyl (C=S) groups is 1. The van der Waals surface area contributed by atoms with E-state index in [9.17, 15) is 19.2 Å². The van der Waals surface area contributed by atoms with Crippen LogP contribution in [0.2, 0.25) is 0 Å². The molecule has 2 aliphatic rings. The van der Waals surface area contributed by atoms with E-state index in [1.807, 2.05) is 31.2 Å². The highest BCUT2D eigenvalue weighted by atomic mass is 32.2. The SMILES string of the molecule is CCn1c(N2CCN(c3ccc(F)cc3)CC2)c(/C=C2/SC(=S)N(CCc3ccc(OC)cc3)C2=O)c(C)c(C#N)c1=O. The van der Waals surface area contributed by atoms with Gasteiger partial charge in [0.2, 0.25) is 0 Å². The van der Waals surface area contributed by atoms with Crippen molar-refractivity contribution in [2.75, 3.05) is 49.6 Å². The van der Waals surface area contributed by atoms with Crippen LogP contribution in [0.1, 0.15) is 29.2 Å². The first-order valence-electron chi connectivity index (χ1n) is 14.1. The lowest BCUT2D eigenvalue weighted by molar-refractivity contribution is -0.122. The minimum atomic E-state index is -0.345. The van der Waals surface area contributed by atoms with Crippen LogP contribution in [-0.4, -0.2) is 59.5 Å². The van der Waals surface area contributed by atoms with Crippen LogP contribution in [0.5, 0.6) is 5.75 Å². The van der Waals surface area contributed by atoms with Gasteiger partial charge in [0.25, 0.3) is 11.5 Å². The molecule has 5 rings (SSSR count). The Labute approximate surface area is 260 Å². The maximum atomic E-state index is 13.6. The van der Waals surface area contributed by atoms with Gasteiger partial charge in [0.1, 0.15) is 33.3 Å². The molecular formula is C32H32FN5O3S2. The molecule has 11 heteroatoms. The number of amides is 1. The van der Waals surface area contributed by atoms with E-state index in [0.717, 1.165) is 17.0 Å². The second-order valence-electron chi connectivity index (χ2n) is 10.3. The molecule has 3 heterocycles. The van der Waals surface area contributed by atoms with Gasteiger partial charge in [-0.3, -0.25) is 19.1 Å². The molecule has 2 aliphatic heterocycles. The monoisotopic (exact) mass is 617 g/mol. The van der Waals surface area contributed by atoms with E-state index in [1.54, 1.807) is 41.7 Å². The van der Waals surface area contributed by atoms with Crippen LogP contribution in [0.25, 0.3) is 6.08 Å². The number of aromatic nitrogens is 1. The molecule has 43 heavy (non-hydrogen) atoms. The molecule has 0 atom stereocenters. The minimum absolute atomic E-state index is 0.0665. The number of hydrogen-bond donors (Lipinski definition) is 0. The average molecular weight is 618 g/mol. The summed E-state index contributed by atoms with van der Waals surface area (Å²) in [5.41, 5.74) is 2.92. The lowest BCUT2D eigenvalue weighted by Crippen LogP contribution is -2.48. The first kappa shape index (κ1) is 30.3. The Bertz CT molecular complexity index is 1670. The number of methoxy groups -OCH3 is 1. The number of nitrogens with zero attached hydrogens (tertiary/aromatic N) is 5. The van der Waals surface area contributed by atoms with E-state index in [1.165, 1.54) is 23.9 Å². The van der Waals surface area contributed by atoms with Crippen molar-refractivity contribution in [3.8, 4) is 11.8 Å². The summed E-state index contributed by atoms with van der Waals surface area (Å²) < 4.78 is 20.8. The summed E-state index contributed by atoms with van der Waals surface area (Å²) in [6.07, 6.45) is 2.42. The number of hydrogen-bond acceptors (Lipinski definition) is 8. The van der Waals surface area contributed by atoms with E-state index in [0.29, 0.717) is 71.9 Å². The number of piperazine rings is 1. The molecule has 1 amide bonds. The smallest absolute Gasteiger partial charge is 0.270 e. The van der Waals surface area contributed by atoms with Gasteiger partial charge in [-0.05, 0) is 73.9 Å². The van der Waals surface area contributed by atoms with Crippen LogP contribution in [0.4, 0.5) is 15.9 Å². The molecule has 3 aromatic rings. The Morgan fingerprint density at radius 1 is 1.05 bits per heavy atom. The van der Waals surface area contributed by atoms with Gasteiger partial charge >= 0.3 is 0 Å². The molecule has 0 radical (unpaired) electrons. The first-order chi connectivity index (χ1) is 20.7. The maximum absolute atomic E-state index is 13.6. The number of anilines is 2. The van der Waals surface area contributed by atoms with Gasteiger partial charge in [0.05, 0.1) is 12.0 Å². The normalized spacial score (nSPS) is 16.3. The Kier molecular flexibility index (Phi) is 9.18.